The van der Waals surface area contributed by atoms with Gasteiger partial charge in [-0.25, -0.2) is 0 Å². The van der Waals surface area contributed by atoms with E-state index in [1.165, 1.54) is 5.57 Å². The van der Waals surface area contributed by atoms with Crippen LogP contribution in [0.3, 0.4) is 0 Å². The van der Waals surface area contributed by atoms with Gasteiger partial charge in [-0.05, 0) is 36.3 Å². The average molecular weight is 224 g/mol. The molecule has 1 aliphatic carbocycles. The summed E-state index contributed by atoms with van der Waals surface area (Å²) in [6.07, 6.45) is 7.95. The third-order valence-electron chi connectivity index (χ3n) is 2.60. The van der Waals surface area contributed by atoms with E-state index < -0.39 is 0 Å². The summed E-state index contributed by atoms with van der Waals surface area (Å²) >= 11 is 0. The van der Waals surface area contributed by atoms with E-state index in [0.29, 0.717) is 0 Å². The summed E-state index contributed by atoms with van der Waals surface area (Å²) in [5, 5.41) is 0. The molecular formula is C15H16N2. The Morgan fingerprint density at radius 3 is 2.71 bits per heavy atom. The van der Waals surface area contributed by atoms with Crippen molar-refractivity contribution in [3.05, 3.63) is 53.6 Å². The Morgan fingerprint density at radius 2 is 2.00 bits per heavy atom. The predicted octanol–water partition coefficient (Wildman–Crippen LogP) is 2.22. The number of hydrogen-bond acceptors (Lipinski definition) is 2. The van der Waals surface area contributed by atoms with Crippen molar-refractivity contribution in [3.8, 4) is 11.8 Å². The van der Waals surface area contributed by atoms with Gasteiger partial charge in [-0.15, -0.1) is 0 Å². The molecule has 4 N–H and O–H groups in total. The summed E-state index contributed by atoms with van der Waals surface area (Å²) in [6.45, 7) is 0. The van der Waals surface area contributed by atoms with Crippen LogP contribution in [0.25, 0.3) is 0 Å². The second kappa shape index (κ2) is 5.38. The number of allylic oxidation sites excluding steroid dienone is 2. The van der Waals surface area contributed by atoms with Crippen LogP contribution >= 0.6 is 0 Å². The molecule has 1 aliphatic rings. The largest absolute Gasteiger partial charge is 0.399 e. The molecule has 1 unspecified atom stereocenters. The van der Waals surface area contributed by atoms with Crippen LogP contribution in [-0.4, -0.2) is 6.04 Å². The van der Waals surface area contributed by atoms with E-state index >= 15 is 0 Å². The molecule has 1 aromatic rings. The fraction of sp³-hybridized carbons (Fsp3) is 0.200. The maximum Gasteiger partial charge on any atom is 0.0341 e. The zero-order valence-corrected chi connectivity index (χ0v) is 9.69. The third kappa shape index (κ3) is 3.51. The van der Waals surface area contributed by atoms with Crippen molar-refractivity contribution in [3.63, 3.8) is 0 Å². The number of hydrogen-bond donors (Lipinski definition) is 2. The fourth-order valence-corrected chi connectivity index (χ4v) is 1.71. The molecule has 2 heteroatoms. The lowest BCUT2D eigenvalue weighted by molar-refractivity contribution is 0.813. The summed E-state index contributed by atoms with van der Waals surface area (Å²) in [5.74, 6) is 6.26. The van der Waals surface area contributed by atoms with Gasteiger partial charge in [0.15, 0.2) is 0 Å². The molecule has 0 aliphatic heterocycles. The molecule has 0 saturated heterocycles. The van der Waals surface area contributed by atoms with Crippen molar-refractivity contribution in [1.82, 2.24) is 0 Å². The van der Waals surface area contributed by atoms with Crippen LogP contribution in [0.1, 0.15) is 18.4 Å². The number of benzene rings is 1. The first-order valence-electron chi connectivity index (χ1n) is 5.71. The summed E-state index contributed by atoms with van der Waals surface area (Å²) < 4.78 is 0. The Bertz CT molecular complexity index is 498. The van der Waals surface area contributed by atoms with E-state index in [9.17, 15) is 0 Å². The number of nitrogens with two attached hydrogens (primary N) is 2. The van der Waals surface area contributed by atoms with E-state index in [2.05, 4.69) is 30.1 Å². The number of nitrogen functional groups attached to an aromatic ring is 1. The second-order valence-electron chi connectivity index (χ2n) is 4.14. The van der Waals surface area contributed by atoms with Gasteiger partial charge in [0.25, 0.3) is 0 Å². The highest BCUT2D eigenvalue weighted by molar-refractivity contribution is 5.45. The van der Waals surface area contributed by atoms with Crippen molar-refractivity contribution in [2.45, 2.75) is 18.9 Å². The minimum absolute atomic E-state index is 0.147. The Hall–Kier alpha value is -1.98. The molecule has 0 bridgehead atoms. The van der Waals surface area contributed by atoms with Crippen LogP contribution in [0, 0.1) is 11.8 Å². The van der Waals surface area contributed by atoms with Crippen LogP contribution in [-0.2, 0) is 0 Å². The zero-order chi connectivity index (χ0) is 12.1. The van der Waals surface area contributed by atoms with Gasteiger partial charge in [0.1, 0.15) is 0 Å². The van der Waals surface area contributed by atoms with Crippen LogP contribution in [0.5, 0.6) is 0 Å². The Morgan fingerprint density at radius 1 is 1.24 bits per heavy atom. The van der Waals surface area contributed by atoms with Gasteiger partial charge in [-0.2, -0.15) is 0 Å². The number of anilines is 1. The van der Waals surface area contributed by atoms with Crippen LogP contribution < -0.4 is 11.5 Å². The van der Waals surface area contributed by atoms with Gasteiger partial charge >= 0.3 is 0 Å². The molecule has 0 amide bonds. The van der Waals surface area contributed by atoms with E-state index in [0.717, 1.165) is 24.1 Å². The SMILES string of the molecule is Nc1ccc(C#CCC2=CC(N)CC=C2)cc1. The second-order valence-corrected chi connectivity index (χ2v) is 4.14. The maximum absolute atomic E-state index is 5.83. The topological polar surface area (TPSA) is 52.0 Å². The standard InChI is InChI=1S/C15H16N2/c16-14-9-7-12(8-10-14)3-1-4-13-5-2-6-15(17)11-13/h2,5,7-11,15H,4,6,16-17H2. The van der Waals surface area contributed by atoms with Crippen molar-refractivity contribution < 1.29 is 0 Å². The summed E-state index contributed by atoms with van der Waals surface area (Å²) in [6, 6.07) is 7.73. The van der Waals surface area contributed by atoms with Crippen molar-refractivity contribution in [2.75, 3.05) is 5.73 Å². The van der Waals surface area contributed by atoms with E-state index in [1.54, 1.807) is 0 Å². The molecule has 86 valence electrons. The Balaban J connectivity index is 1.99. The predicted molar refractivity (Wildman–Crippen MR) is 72.2 cm³/mol. The van der Waals surface area contributed by atoms with Gasteiger partial charge in [0, 0.05) is 23.7 Å². The Kier molecular flexibility index (Phi) is 3.64. The summed E-state index contributed by atoms with van der Waals surface area (Å²) in [5.41, 5.74) is 14.4. The lowest BCUT2D eigenvalue weighted by Crippen LogP contribution is -2.17. The van der Waals surface area contributed by atoms with E-state index in [1.807, 2.05) is 24.3 Å². The first-order chi connectivity index (χ1) is 8.24. The molecule has 2 rings (SSSR count). The van der Waals surface area contributed by atoms with Gasteiger partial charge < -0.3 is 11.5 Å². The van der Waals surface area contributed by atoms with E-state index in [4.69, 9.17) is 11.5 Å². The Labute approximate surface area is 102 Å². The van der Waals surface area contributed by atoms with Gasteiger partial charge in [-0.3, -0.25) is 0 Å². The van der Waals surface area contributed by atoms with Crippen molar-refractivity contribution in [2.24, 2.45) is 5.73 Å². The average Bonchev–Trinajstić information content (AvgIpc) is 2.32. The minimum atomic E-state index is 0.147. The maximum atomic E-state index is 5.83. The lowest BCUT2D eigenvalue weighted by Gasteiger charge is -2.09. The molecule has 2 nitrogen and oxygen atoms in total. The van der Waals surface area contributed by atoms with E-state index in [-0.39, 0.29) is 6.04 Å². The molecule has 0 spiro atoms. The smallest absolute Gasteiger partial charge is 0.0341 e. The van der Waals surface area contributed by atoms with Crippen molar-refractivity contribution >= 4 is 5.69 Å². The molecule has 0 aromatic heterocycles. The molecule has 0 saturated carbocycles. The normalized spacial score (nSPS) is 18.2. The third-order valence-corrected chi connectivity index (χ3v) is 2.60. The zero-order valence-electron chi connectivity index (χ0n) is 9.69. The molecule has 0 radical (unpaired) electrons. The number of rotatable bonds is 1. The molecule has 0 fully saturated rings. The van der Waals surface area contributed by atoms with Crippen LogP contribution in [0.2, 0.25) is 0 Å². The highest BCUT2D eigenvalue weighted by Gasteiger charge is 2.02. The van der Waals surface area contributed by atoms with Gasteiger partial charge in [0.05, 0.1) is 0 Å². The first kappa shape index (κ1) is 11.5. The van der Waals surface area contributed by atoms with Crippen molar-refractivity contribution in [1.29, 1.82) is 0 Å². The van der Waals surface area contributed by atoms with Gasteiger partial charge in [0.2, 0.25) is 0 Å². The highest BCUT2D eigenvalue weighted by atomic mass is 14.6. The summed E-state index contributed by atoms with van der Waals surface area (Å²) in [7, 11) is 0. The summed E-state index contributed by atoms with van der Waals surface area (Å²) in [4.78, 5) is 0. The monoisotopic (exact) mass is 224 g/mol. The molecule has 1 atom stereocenters. The van der Waals surface area contributed by atoms with Gasteiger partial charge in [-0.1, -0.05) is 30.1 Å². The fourth-order valence-electron chi connectivity index (χ4n) is 1.71. The highest BCUT2D eigenvalue weighted by Crippen LogP contribution is 2.12. The first-order valence-corrected chi connectivity index (χ1v) is 5.71. The van der Waals surface area contributed by atoms with Crippen LogP contribution in [0.15, 0.2) is 48.1 Å². The lowest BCUT2D eigenvalue weighted by atomic mass is 10.0. The molecular weight excluding hydrogens is 208 g/mol. The minimum Gasteiger partial charge on any atom is -0.399 e. The quantitative estimate of drug-likeness (QED) is 0.567. The molecule has 1 aromatic carbocycles. The molecule has 0 heterocycles. The van der Waals surface area contributed by atoms with Crippen LogP contribution in [0.4, 0.5) is 5.69 Å². The molecule has 17 heavy (non-hydrogen) atoms.